The summed E-state index contributed by atoms with van der Waals surface area (Å²) in [7, 11) is 0. The first-order valence-electron chi connectivity index (χ1n) is 27.7. The number of allylic oxidation sites excluding steroid dienone is 2. The van der Waals surface area contributed by atoms with Crippen LogP contribution in [-0.2, 0) is 14.4 Å². The molecule has 9 atom stereocenters. The quantitative estimate of drug-likeness (QED) is 0.0400. The van der Waals surface area contributed by atoms with E-state index in [-0.39, 0.29) is 65.1 Å². The van der Waals surface area contributed by atoms with Gasteiger partial charge in [0, 0.05) is 59.9 Å². The molecular weight excluding hydrogens is 925 g/mol. The van der Waals surface area contributed by atoms with Crippen LogP contribution in [0.25, 0.3) is 33.4 Å². The third-order valence-electron chi connectivity index (χ3n) is 18.8. The Morgan fingerprint density at radius 1 is 0.808 bits per heavy atom. The first-order valence-corrected chi connectivity index (χ1v) is 27.7. The fraction of sp³-hybridized carbons (Fsp3) is 0.597. The molecule has 1 amide bonds. The van der Waals surface area contributed by atoms with Gasteiger partial charge in [-0.15, -0.1) is 0 Å². The predicted octanol–water partition coefficient (Wildman–Crippen LogP) is 14.7. The van der Waals surface area contributed by atoms with E-state index in [1.54, 1.807) is 18.6 Å². The molecule has 5 unspecified atom stereocenters. The molecule has 1 aliphatic heterocycles. The number of hydrogen-bond acceptors (Lipinski definition) is 7. The standard InChI is InChI=1S/C62H79F2NO8/c1-36(2)12-10-13-37(3)47-22-23-48-44-21-19-41-31-39(26-28-61(41,5)49(44)27-29-62(47,48)6)14-8-7-9-15-42(66)16-11-17-53(67)52(24-25-58(70)71)65-60(72)40-18-20-43(38(4)30-40)59-45-32-50(63)54(68)34-56(45)73-57-35-55(69)51(64)33-46(57)59/h18-20,30,32-37,39,44,47-49,52,68H,7-17,21-29,31H2,1-6H3,(H,65,72)(H,70,71)/t37-,39+,44+,47?,48?,49?,52+,61?,62?/m1/s1. The number of phenolic OH excluding ortho intramolecular Hbond substituents is 1. The Labute approximate surface area is 430 Å². The number of aryl methyl sites for hydroxylation is 1. The molecule has 2 aromatic carbocycles. The molecule has 6 aliphatic rings. The monoisotopic (exact) mass is 1000 g/mol. The molecule has 0 spiro atoms. The number of phenols is 1. The van der Waals surface area contributed by atoms with Gasteiger partial charge >= 0.3 is 5.97 Å². The molecule has 3 saturated carbocycles. The number of aromatic hydroxyl groups is 1. The summed E-state index contributed by atoms with van der Waals surface area (Å²) >= 11 is 0. The van der Waals surface area contributed by atoms with Crippen LogP contribution in [0.2, 0.25) is 0 Å². The third-order valence-corrected chi connectivity index (χ3v) is 18.8. The van der Waals surface area contributed by atoms with Gasteiger partial charge in [0.1, 0.15) is 17.1 Å². The number of amides is 1. The molecule has 1 heterocycles. The number of rotatable bonds is 22. The summed E-state index contributed by atoms with van der Waals surface area (Å²) in [5.41, 5.74) is 3.35. The van der Waals surface area contributed by atoms with Gasteiger partial charge in [-0.2, -0.15) is 0 Å². The largest absolute Gasteiger partial charge is 0.505 e. The molecule has 5 aliphatic carbocycles. The zero-order valence-corrected chi connectivity index (χ0v) is 44.2. The molecule has 3 fully saturated rings. The van der Waals surface area contributed by atoms with E-state index in [0.717, 1.165) is 79.0 Å². The number of Topliss-reactive ketones (excluding diaryl/α,β-unsaturated/α-hetero) is 2. The summed E-state index contributed by atoms with van der Waals surface area (Å²) < 4.78 is 35.1. The fourth-order valence-electron chi connectivity index (χ4n) is 14.8. The first kappa shape index (κ1) is 54.1. The average Bonchev–Trinajstić information content (AvgIpc) is 3.70. The molecule has 8 rings (SSSR count). The van der Waals surface area contributed by atoms with Crippen molar-refractivity contribution in [1.29, 1.82) is 0 Å². The number of benzene rings is 3. The molecule has 394 valence electrons. The van der Waals surface area contributed by atoms with Crippen LogP contribution in [0.3, 0.4) is 0 Å². The summed E-state index contributed by atoms with van der Waals surface area (Å²) in [5.74, 6) is 1.14. The minimum absolute atomic E-state index is 0.00935. The van der Waals surface area contributed by atoms with Gasteiger partial charge in [-0.3, -0.25) is 24.0 Å². The number of fused-ring (bicyclic) bond motifs is 7. The van der Waals surface area contributed by atoms with E-state index in [9.17, 15) is 43.0 Å². The molecule has 3 N–H and O–H groups in total. The predicted molar refractivity (Wildman–Crippen MR) is 282 cm³/mol. The number of carbonyl (C=O) groups excluding carboxylic acids is 3. The van der Waals surface area contributed by atoms with E-state index in [2.05, 4.69) is 46.0 Å². The maximum absolute atomic E-state index is 14.7. The molecule has 0 bridgehead atoms. The van der Waals surface area contributed by atoms with Gasteiger partial charge in [0.25, 0.3) is 5.91 Å². The normalized spacial score (nSPS) is 25.4. The van der Waals surface area contributed by atoms with Crippen molar-refractivity contribution in [2.45, 2.75) is 182 Å². The number of carbonyl (C=O) groups is 4. The van der Waals surface area contributed by atoms with E-state index in [4.69, 9.17) is 4.42 Å². The Morgan fingerprint density at radius 3 is 2.34 bits per heavy atom. The van der Waals surface area contributed by atoms with Crippen molar-refractivity contribution in [3.05, 3.63) is 87.1 Å². The van der Waals surface area contributed by atoms with Crippen LogP contribution in [0.4, 0.5) is 8.78 Å². The van der Waals surface area contributed by atoms with E-state index < -0.39 is 40.7 Å². The highest BCUT2D eigenvalue weighted by molar-refractivity contribution is 6.04. The SMILES string of the molecule is Cc1cc(C(=O)N[C@@H](CCC(=O)O)C(=O)CCCC(=O)CCCCC[C@H]2CCC3(C)C(=CC[C@@H]4C3CCC3(C)C4CCC3[C@H](C)CCCC(C)C)C2)ccc1-c1c2cc(F)c(=O)cc-2oc2cc(O)c(F)cc12. The lowest BCUT2D eigenvalue weighted by Gasteiger charge is -2.58. The van der Waals surface area contributed by atoms with Crippen molar-refractivity contribution in [2.24, 2.45) is 52.3 Å². The number of nitrogens with one attached hydrogen (secondary N) is 1. The number of unbranched alkanes of at least 4 members (excludes halogenated alkanes) is 2. The van der Waals surface area contributed by atoms with Gasteiger partial charge in [0.2, 0.25) is 5.43 Å². The molecule has 0 saturated heterocycles. The maximum atomic E-state index is 14.7. The first-order chi connectivity index (χ1) is 34.8. The van der Waals surface area contributed by atoms with Crippen molar-refractivity contribution in [1.82, 2.24) is 5.32 Å². The number of hydrogen-bond donors (Lipinski definition) is 3. The Bertz CT molecular complexity index is 2760. The smallest absolute Gasteiger partial charge is 0.303 e. The fourth-order valence-corrected chi connectivity index (χ4v) is 14.8. The van der Waals surface area contributed by atoms with Crippen molar-refractivity contribution in [3.8, 4) is 28.2 Å². The lowest BCUT2D eigenvalue weighted by Crippen LogP contribution is -2.50. The molecule has 11 heteroatoms. The second-order valence-electron chi connectivity index (χ2n) is 23.9. The molecule has 2 aromatic rings. The highest BCUT2D eigenvalue weighted by Gasteiger charge is 2.59. The Hall–Kier alpha value is -5.19. The highest BCUT2D eigenvalue weighted by atomic mass is 19.1. The second-order valence-corrected chi connectivity index (χ2v) is 23.9. The van der Waals surface area contributed by atoms with Gasteiger partial charge in [-0.1, -0.05) is 90.9 Å². The van der Waals surface area contributed by atoms with Crippen molar-refractivity contribution < 1.29 is 42.6 Å². The zero-order chi connectivity index (χ0) is 52.4. The lowest BCUT2D eigenvalue weighted by molar-refractivity contribution is -0.137. The Balaban J connectivity index is 0.789. The average molecular weight is 1000 g/mol. The number of ketones is 2. The van der Waals surface area contributed by atoms with E-state index in [1.165, 1.54) is 89.2 Å². The van der Waals surface area contributed by atoms with Crippen LogP contribution >= 0.6 is 0 Å². The maximum Gasteiger partial charge on any atom is 0.303 e. The lowest BCUT2D eigenvalue weighted by atomic mass is 9.46. The van der Waals surface area contributed by atoms with Crippen LogP contribution in [0.5, 0.6) is 5.75 Å². The molecule has 73 heavy (non-hydrogen) atoms. The number of carboxylic acid groups (broad SMARTS) is 1. The number of aliphatic carboxylic acids is 1. The molecule has 0 aromatic heterocycles. The summed E-state index contributed by atoms with van der Waals surface area (Å²) in [4.78, 5) is 63.9. The second kappa shape index (κ2) is 22.7. The van der Waals surface area contributed by atoms with Crippen molar-refractivity contribution in [3.63, 3.8) is 0 Å². The molecule has 9 nitrogen and oxygen atoms in total. The van der Waals surface area contributed by atoms with Crippen LogP contribution < -0.4 is 10.7 Å². The minimum Gasteiger partial charge on any atom is -0.505 e. The van der Waals surface area contributed by atoms with E-state index in [0.29, 0.717) is 46.3 Å². The van der Waals surface area contributed by atoms with Crippen molar-refractivity contribution in [2.75, 3.05) is 0 Å². The van der Waals surface area contributed by atoms with Crippen LogP contribution in [0.1, 0.15) is 185 Å². The van der Waals surface area contributed by atoms with Gasteiger partial charge in [-0.25, -0.2) is 8.78 Å². The summed E-state index contributed by atoms with van der Waals surface area (Å²) in [5, 5.41) is 22.4. The summed E-state index contributed by atoms with van der Waals surface area (Å²) in [6.07, 6.45) is 22.3. The molecular formula is C62H79F2NO8. The van der Waals surface area contributed by atoms with Gasteiger partial charge in [0.15, 0.2) is 23.2 Å². The van der Waals surface area contributed by atoms with Gasteiger partial charge in [0.05, 0.1) is 6.04 Å². The number of carboxylic acids is 1. The van der Waals surface area contributed by atoms with Crippen LogP contribution in [-0.4, -0.2) is 39.7 Å². The Morgan fingerprint density at radius 2 is 1.59 bits per heavy atom. The summed E-state index contributed by atoms with van der Waals surface area (Å²) in [6.45, 7) is 14.3. The van der Waals surface area contributed by atoms with E-state index >= 15 is 0 Å². The van der Waals surface area contributed by atoms with Gasteiger partial charge < -0.3 is 19.9 Å². The van der Waals surface area contributed by atoms with Gasteiger partial charge in [-0.05, 0) is 165 Å². The minimum atomic E-state index is -1.12. The Kier molecular flexibility index (Phi) is 16.8. The number of halogens is 2. The van der Waals surface area contributed by atoms with Crippen LogP contribution in [0, 0.1) is 70.8 Å². The van der Waals surface area contributed by atoms with Crippen molar-refractivity contribution >= 4 is 34.4 Å². The van der Waals surface area contributed by atoms with Crippen LogP contribution in [0.15, 0.2) is 63.3 Å². The zero-order valence-electron chi connectivity index (χ0n) is 44.2. The summed E-state index contributed by atoms with van der Waals surface area (Å²) in [6, 6.07) is 7.59. The highest BCUT2D eigenvalue weighted by Crippen LogP contribution is 2.68. The third kappa shape index (κ3) is 11.7. The van der Waals surface area contributed by atoms with E-state index in [1.807, 2.05) is 0 Å². The molecule has 0 radical (unpaired) electrons. The topological polar surface area (TPSA) is 151 Å².